The molecule has 3 nitrogen and oxygen atoms in total. The van der Waals surface area contributed by atoms with E-state index in [1.165, 1.54) is 11.0 Å². The van der Waals surface area contributed by atoms with Crippen molar-refractivity contribution in [3.05, 3.63) is 35.4 Å². The third kappa shape index (κ3) is 3.04. The fourth-order valence-electron chi connectivity index (χ4n) is 2.12. The molecule has 1 atom stereocenters. The molecule has 0 aliphatic carbocycles. The van der Waals surface area contributed by atoms with Crippen LogP contribution in [0, 0.1) is 11.6 Å². The quantitative estimate of drug-likeness (QED) is 0.869. The molecule has 1 aliphatic rings. The van der Waals surface area contributed by atoms with E-state index in [9.17, 15) is 18.7 Å². The number of hydrogen-bond acceptors (Lipinski definition) is 2. The Bertz CT molecular complexity index is 451. The Kier molecular flexibility index (Phi) is 3.91. The molecule has 1 aliphatic heterocycles. The molecular formula is C13H15F2NO2. The van der Waals surface area contributed by atoms with Crippen LogP contribution in [0.1, 0.15) is 18.4 Å². The van der Waals surface area contributed by atoms with Gasteiger partial charge in [0, 0.05) is 19.2 Å². The maximum atomic E-state index is 13.4. The van der Waals surface area contributed by atoms with Crippen molar-refractivity contribution in [3.63, 3.8) is 0 Å². The fourth-order valence-corrected chi connectivity index (χ4v) is 2.12. The van der Waals surface area contributed by atoms with Gasteiger partial charge < -0.3 is 10.0 Å². The lowest BCUT2D eigenvalue weighted by molar-refractivity contribution is -0.133. The Morgan fingerprint density at radius 1 is 1.44 bits per heavy atom. The molecule has 0 spiro atoms. The number of carbonyl (C=O) groups is 1. The lowest BCUT2D eigenvalue weighted by Gasteiger charge is -2.30. The van der Waals surface area contributed by atoms with Gasteiger partial charge in [0.05, 0.1) is 12.5 Å². The van der Waals surface area contributed by atoms with Gasteiger partial charge in [-0.1, -0.05) is 6.07 Å². The fraction of sp³-hybridized carbons (Fsp3) is 0.462. The van der Waals surface area contributed by atoms with Gasteiger partial charge in [-0.05, 0) is 24.5 Å². The van der Waals surface area contributed by atoms with Crippen molar-refractivity contribution in [2.24, 2.45) is 0 Å². The number of rotatable bonds is 2. The van der Waals surface area contributed by atoms with E-state index in [0.717, 1.165) is 18.6 Å². The third-order valence-corrected chi connectivity index (χ3v) is 3.11. The average molecular weight is 255 g/mol. The molecule has 5 heteroatoms. The number of hydrogen-bond donors (Lipinski definition) is 1. The average Bonchev–Trinajstić information content (AvgIpc) is 2.32. The number of halogens is 2. The topological polar surface area (TPSA) is 40.5 Å². The molecule has 1 aromatic carbocycles. The third-order valence-electron chi connectivity index (χ3n) is 3.11. The highest BCUT2D eigenvalue weighted by Crippen LogP contribution is 2.14. The van der Waals surface area contributed by atoms with E-state index >= 15 is 0 Å². The van der Waals surface area contributed by atoms with Gasteiger partial charge in [-0.15, -0.1) is 0 Å². The minimum absolute atomic E-state index is 0.0984. The molecular weight excluding hydrogens is 240 g/mol. The molecule has 1 heterocycles. The highest BCUT2D eigenvalue weighted by Gasteiger charge is 2.22. The highest BCUT2D eigenvalue weighted by atomic mass is 19.1. The summed E-state index contributed by atoms with van der Waals surface area (Å²) in [7, 11) is 0. The number of piperidine rings is 1. The SMILES string of the molecule is O=C(Cc1ccc(F)cc1F)N1CCC[C@H](O)C1. The van der Waals surface area contributed by atoms with Crippen LogP contribution in [0.5, 0.6) is 0 Å². The van der Waals surface area contributed by atoms with Gasteiger partial charge in [0.1, 0.15) is 11.6 Å². The van der Waals surface area contributed by atoms with Crippen molar-refractivity contribution in [1.29, 1.82) is 0 Å². The van der Waals surface area contributed by atoms with E-state index in [4.69, 9.17) is 0 Å². The number of nitrogens with zero attached hydrogens (tertiary/aromatic N) is 1. The summed E-state index contributed by atoms with van der Waals surface area (Å²) in [5, 5.41) is 9.47. The van der Waals surface area contributed by atoms with Crippen LogP contribution in [0.15, 0.2) is 18.2 Å². The van der Waals surface area contributed by atoms with E-state index < -0.39 is 17.7 Å². The summed E-state index contributed by atoms with van der Waals surface area (Å²) < 4.78 is 26.1. The summed E-state index contributed by atoms with van der Waals surface area (Å²) in [4.78, 5) is 13.4. The second kappa shape index (κ2) is 5.44. The highest BCUT2D eigenvalue weighted by molar-refractivity contribution is 5.79. The molecule has 98 valence electrons. The molecule has 1 aromatic rings. The molecule has 0 unspecified atom stereocenters. The first-order valence-electron chi connectivity index (χ1n) is 5.96. The zero-order valence-electron chi connectivity index (χ0n) is 9.90. The van der Waals surface area contributed by atoms with Crippen LogP contribution in [0.4, 0.5) is 8.78 Å². The smallest absolute Gasteiger partial charge is 0.227 e. The molecule has 0 aromatic heterocycles. The zero-order chi connectivity index (χ0) is 13.1. The number of likely N-dealkylation sites (tertiary alicyclic amines) is 1. The number of amides is 1. The predicted molar refractivity (Wildman–Crippen MR) is 61.9 cm³/mol. The van der Waals surface area contributed by atoms with Crippen molar-refractivity contribution < 1.29 is 18.7 Å². The summed E-state index contributed by atoms with van der Waals surface area (Å²) in [6.07, 6.45) is 0.840. The summed E-state index contributed by atoms with van der Waals surface area (Å²) in [5.41, 5.74) is 0.182. The number of benzene rings is 1. The van der Waals surface area contributed by atoms with Gasteiger partial charge in [0.2, 0.25) is 5.91 Å². The summed E-state index contributed by atoms with van der Waals surface area (Å²) in [6.45, 7) is 0.875. The number of aliphatic hydroxyl groups excluding tert-OH is 1. The van der Waals surface area contributed by atoms with Gasteiger partial charge in [-0.2, -0.15) is 0 Å². The Morgan fingerprint density at radius 2 is 2.22 bits per heavy atom. The Labute approximate surface area is 104 Å². The van der Waals surface area contributed by atoms with Crippen LogP contribution in [-0.2, 0) is 11.2 Å². The Hall–Kier alpha value is -1.49. The molecule has 18 heavy (non-hydrogen) atoms. The molecule has 1 amide bonds. The van der Waals surface area contributed by atoms with Gasteiger partial charge in [0.15, 0.2) is 0 Å². The van der Waals surface area contributed by atoms with E-state index in [0.29, 0.717) is 19.5 Å². The van der Waals surface area contributed by atoms with Gasteiger partial charge in [-0.3, -0.25) is 4.79 Å². The summed E-state index contributed by atoms with van der Waals surface area (Å²) >= 11 is 0. The first kappa shape index (κ1) is 13.0. The Morgan fingerprint density at radius 3 is 2.89 bits per heavy atom. The number of aliphatic hydroxyl groups is 1. The summed E-state index contributed by atoms with van der Waals surface area (Å²) in [6, 6.07) is 3.19. The van der Waals surface area contributed by atoms with E-state index in [1.54, 1.807) is 0 Å². The lowest BCUT2D eigenvalue weighted by Crippen LogP contribution is -2.42. The molecule has 1 saturated heterocycles. The van der Waals surface area contributed by atoms with Crippen LogP contribution in [0.25, 0.3) is 0 Å². The van der Waals surface area contributed by atoms with Crippen molar-refractivity contribution in [2.45, 2.75) is 25.4 Å². The van der Waals surface area contributed by atoms with E-state index in [-0.39, 0.29) is 17.9 Å². The van der Waals surface area contributed by atoms with Gasteiger partial charge in [0.25, 0.3) is 0 Å². The largest absolute Gasteiger partial charge is 0.391 e. The van der Waals surface area contributed by atoms with Crippen LogP contribution < -0.4 is 0 Å². The second-order valence-electron chi connectivity index (χ2n) is 4.55. The van der Waals surface area contributed by atoms with E-state index in [2.05, 4.69) is 0 Å². The lowest BCUT2D eigenvalue weighted by atomic mass is 10.1. The van der Waals surface area contributed by atoms with E-state index in [1.807, 2.05) is 0 Å². The number of β-amino-alcohol motifs (C(OH)–C–C–N with tert-alkyl or cyclic N) is 1. The minimum atomic E-state index is -0.707. The summed E-state index contributed by atoms with van der Waals surface area (Å²) in [5.74, 6) is -1.60. The Balaban J connectivity index is 2.02. The normalized spacial score (nSPS) is 19.9. The van der Waals surface area contributed by atoms with Crippen LogP contribution >= 0.6 is 0 Å². The second-order valence-corrected chi connectivity index (χ2v) is 4.55. The van der Waals surface area contributed by atoms with Crippen molar-refractivity contribution in [3.8, 4) is 0 Å². The minimum Gasteiger partial charge on any atom is -0.391 e. The van der Waals surface area contributed by atoms with Gasteiger partial charge in [-0.25, -0.2) is 8.78 Å². The molecule has 1 N–H and O–H groups in total. The van der Waals surface area contributed by atoms with Crippen LogP contribution in [0.3, 0.4) is 0 Å². The first-order valence-corrected chi connectivity index (χ1v) is 5.96. The number of carbonyl (C=O) groups excluding carboxylic acids is 1. The van der Waals surface area contributed by atoms with Crippen molar-refractivity contribution in [1.82, 2.24) is 4.90 Å². The maximum absolute atomic E-state index is 13.4. The molecule has 0 bridgehead atoms. The van der Waals surface area contributed by atoms with Crippen molar-refractivity contribution in [2.75, 3.05) is 13.1 Å². The van der Waals surface area contributed by atoms with Crippen molar-refractivity contribution >= 4 is 5.91 Å². The standard InChI is InChI=1S/C13H15F2NO2/c14-10-4-3-9(12(15)7-10)6-13(18)16-5-1-2-11(17)8-16/h3-4,7,11,17H,1-2,5-6,8H2/t11-/m0/s1. The van der Waals surface area contributed by atoms with Gasteiger partial charge >= 0.3 is 0 Å². The molecule has 0 radical (unpaired) electrons. The van der Waals surface area contributed by atoms with Crippen LogP contribution in [0.2, 0.25) is 0 Å². The molecule has 1 fully saturated rings. The zero-order valence-corrected chi connectivity index (χ0v) is 9.90. The first-order chi connectivity index (χ1) is 8.56. The van der Waals surface area contributed by atoms with Crippen LogP contribution in [-0.4, -0.2) is 35.1 Å². The predicted octanol–water partition coefficient (Wildman–Crippen LogP) is 1.49. The molecule has 0 saturated carbocycles. The molecule has 2 rings (SSSR count). The monoisotopic (exact) mass is 255 g/mol. The maximum Gasteiger partial charge on any atom is 0.227 e.